The molecule has 0 aliphatic heterocycles. The average Bonchev–Trinajstić information content (AvgIpc) is 3.32. The van der Waals surface area contributed by atoms with Crippen LogP contribution in [0.3, 0.4) is 0 Å². The van der Waals surface area contributed by atoms with Crippen molar-refractivity contribution < 1.29 is 9.59 Å². The summed E-state index contributed by atoms with van der Waals surface area (Å²) in [6, 6.07) is 15.0. The summed E-state index contributed by atoms with van der Waals surface area (Å²) in [5.41, 5.74) is 8.28. The lowest BCUT2D eigenvalue weighted by Gasteiger charge is -2.17. The van der Waals surface area contributed by atoms with Gasteiger partial charge in [0.05, 0.1) is 11.1 Å². The van der Waals surface area contributed by atoms with Crippen molar-refractivity contribution >= 4 is 56.9 Å². The smallest absolute Gasteiger partial charge is 0.281 e. The number of amides is 1. The van der Waals surface area contributed by atoms with E-state index < -0.39 is 0 Å². The summed E-state index contributed by atoms with van der Waals surface area (Å²) in [7, 11) is 1.77. The van der Waals surface area contributed by atoms with Gasteiger partial charge in [0.25, 0.3) is 5.91 Å². The van der Waals surface area contributed by atoms with E-state index in [1.54, 1.807) is 31.4 Å². The molecule has 2 aromatic carbocycles. The molecule has 0 bridgehead atoms. The summed E-state index contributed by atoms with van der Waals surface area (Å²) in [6.07, 6.45) is 7.91. The van der Waals surface area contributed by atoms with Crippen molar-refractivity contribution in [1.82, 2.24) is 15.0 Å². The van der Waals surface area contributed by atoms with Gasteiger partial charge in [-0.3, -0.25) is 14.6 Å². The van der Waals surface area contributed by atoms with Gasteiger partial charge in [0, 0.05) is 18.6 Å². The molecule has 2 heterocycles. The first kappa shape index (κ1) is 25.1. The van der Waals surface area contributed by atoms with Crippen LogP contribution in [0.15, 0.2) is 70.7 Å². The molecular weight excluding hydrogens is 472 g/mol. The van der Waals surface area contributed by atoms with E-state index >= 15 is 0 Å². The van der Waals surface area contributed by atoms with Crippen molar-refractivity contribution in [3.05, 3.63) is 77.0 Å². The monoisotopic (exact) mass is 500 g/mol. The van der Waals surface area contributed by atoms with Crippen molar-refractivity contribution in [2.45, 2.75) is 26.2 Å². The maximum atomic E-state index is 12.5. The van der Waals surface area contributed by atoms with E-state index in [4.69, 9.17) is 5.73 Å². The second-order valence-electron chi connectivity index (χ2n) is 8.53. The highest BCUT2D eigenvalue weighted by Crippen LogP contribution is 2.31. The van der Waals surface area contributed by atoms with Crippen LogP contribution in [0.25, 0.3) is 21.8 Å². The number of imidazole rings is 1. The number of thioether (sulfide) groups is 1. The highest BCUT2D eigenvalue weighted by Gasteiger charge is 2.16. The lowest BCUT2D eigenvalue weighted by molar-refractivity contribution is 0.100. The number of rotatable bonds is 4. The number of allylic oxidation sites excluding steroid dienone is 2. The molecule has 36 heavy (non-hydrogen) atoms. The number of aliphatic imine (C=N–C) groups is 1. The van der Waals surface area contributed by atoms with Crippen LogP contribution in [0.2, 0.25) is 0 Å². The van der Waals surface area contributed by atoms with Crippen molar-refractivity contribution in [2.24, 2.45) is 16.6 Å². The van der Waals surface area contributed by atoms with Crippen molar-refractivity contribution in [3.63, 3.8) is 0 Å². The number of aromatic amines is 1. The zero-order chi connectivity index (χ0) is 25.5. The molecule has 9 heteroatoms. The number of anilines is 1. The van der Waals surface area contributed by atoms with Gasteiger partial charge in [0.15, 0.2) is 11.5 Å². The Labute approximate surface area is 213 Å². The Kier molecular flexibility index (Phi) is 8.12. The number of hydrogen-bond acceptors (Lipinski definition) is 6. The minimum atomic E-state index is -0.371. The van der Waals surface area contributed by atoms with E-state index in [0.717, 1.165) is 35.4 Å². The normalized spacial score (nSPS) is 15.7. The predicted octanol–water partition coefficient (Wildman–Crippen LogP) is 5.54. The Bertz CT molecular complexity index is 1460. The molecule has 1 atom stereocenters. The molecule has 1 aliphatic carbocycles. The number of nitrogens with zero attached hydrogens (tertiary/aromatic N) is 3. The number of fused-ring (bicyclic) bond motifs is 2. The lowest BCUT2D eigenvalue weighted by Crippen LogP contribution is -2.12. The van der Waals surface area contributed by atoms with Gasteiger partial charge >= 0.3 is 0 Å². The fourth-order valence-electron chi connectivity index (χ4n) is 3.95. The zero-order valence-corrected chi connectivity index (χ0v) is 21.0. The van der Waals surface area contributed by atoms with Gasteiger partial charge in [-0.15, -0.1) is 0 Å². The van der Waals surface area contributed by atoms with E-state index in [2.05, 4.69) is 38.3 Å². The van der Waals surface area contributed by atoms with Crippen LogP contribution in [-0.2, 0) is 0 Å². The number of nitrogens with one attached hydrogen (secondary N) is 2. The zero-order valence-electron chi connectivity index (χ0n) is 20.2. The molecule has 0 saturated heterocycles. The molecule has 184 valence electrons. The van der Waals surface area contributed by atoms with Gasteiger partial charge in [-0.1, -0.05) is 55.1 Å². The standard InChI is InChI=1S/C17H21N5OS.C10H7NO/c1-10-5-3-6-11(9-10)24-16(18)22-15(23)12-7-4-8-13-14(12)21-17(19-2)20-13;12-7-10-5-8-3-1-2-4-9(8)6-11-10/h4,6-8,10H,3,5,9H2,1-2H3,(H2,18,22,23)(H2,19,20,21);1-7H. The maximum absolute atomic E-state index is 12.5. The number of hydrogen-bond donors (Lipinski definition) is 3. The Morgan fingerprint density at radius 3 is 2.78 bits per heavy atom. The Morgan fingerprint density at radius 2 is 2.03 bits per heavy atom. The quantitative estimate of drug-likeness (QED) is 0.191. The molecule has 4 N–H and O–H groups in total. The van der Waals surface area contributed by atoms with E-state index in [1.165, 1.54) is 23.1 Å². The summed E-state index contributed by atoms with van der Waals surface area (Å²) in [6.45, 7) is 2.23. The molecule has 0 radical (unpaired) electrons. The van der Waals surface area contributed by atoms with E-state index in [0.29, 0.717) is 28.6 Å². The van der Waals surface area contributed by atoms with Gasteiger partial charge in [-0.2, -0.15) is 4.99 Å². The van der Waals surface area contributed by atoms with E-state index in [9.17, 15) is 9.59 Å². The molecule has 4 aromatic rings. The minimum absolute atomic E-state index is 0.279. The highest BCUT2D eigenvalue weighted by molar-refractivity contribution is 8.17. The van der Waals surface area contributed by atoms with Crippen LogP contribution in [0.5, 0.6) is 0 Å². The Morgan fingerprint density at radius 1 is 1.22 bits per heavy atom. The number of aromatic nitrogens is 3. The van der Waals surface area contributed by atoms with Crippen LogP contribution in [0.1, 0.15) is 47.0 Å². The number of pyridine rings is 1. The minimum Gasteiger partial charge on any atom is -0.378 e. The third kappa shape index (κ3) is 6.17. The number of nitrogens with two attached hydrogens (primary N) is 1. The van der Waals surface area contributed by atoms with Gasteiger partial charge in [-0.25, -0.2) is 4.98 Å². The summed E-state index contributed by atoms with van der Waals surface area (Å²) in [5, 5.41) is 5.32. The van der Waals surface area contributed by atoms with E-state index in [-0.39, 0.29) is 11.1 Å². The van der Waals surface area contributed by atoms with Crippen LogP contribution in [0, 0.1) is 5.92 Å². The summed E-state index contributed by atoms with van der Waals surface area (Å²) < 4.78 is 0. The van der Waals surface area contributed by atoms with Crippen LogP contribution < -0.4 is 11.1 Å². The average molecular weight is 501 g/mol. The summed E-state index contributed by atoms with van der Waals surface area (Å²) in [5.74, 6) is 0.890. The van der Waals surface area contributed by atoms with Gasteiger partial charge in [-0.05, 0) is 53.7 Å². The molecule has 0 saturated carbocycles. The number of carbonyl (C=O) groups is 2. The number of aldehydes is 1. The third-order valence-corrected chi connectivity index (χ3v) is 6.68. The molecule has 8 nitrogen and oxygen atoms in total. The largest absolute Gasteiger partial charge is 0.378 e. The topological polar surface area (TPSA) is 126 Å². The second kappa shape index (κ2) is 11.6. The predicted molar refractivity (Wildman–Crippen MR) is 147 cm³/mol. The molecule has 1 unspecified atom stereocenters. The number of H-pyrrole nitrogens is 1. The Balaban J connectivity index is 0.000000211. The number of amidine groups is 1. The first-order valence-corrected chi connectivity index (χ1v) is 12.5. The molecule has 1 aliphatic rings. The second-order valence-corrected chi connectivity index (χ2v) is 9.67. The fourth-order valence-corrected chi connectivity index (χ4v) is 4.91. The van der Waals surface area contributed by atoms with Crippen LogP contribution in [-0.4, -0.2) is 39.4 Å². The van der Waals surface area contributed by atoms with Crippen LogP contribution >= 0.6 is 11.8 Å². The Hall–Kier alpha value is -3.98. The van der Waals surface area contributed by atoms with Gasteiger partial charge in [0.2, 0.25) is 5.95 Å². The van der Waals surface area contributed by atoms with Crippen LogP contribution in [0.4, 0.5) is 5.95 Å². The fraction of sp³-hybridized carbons (Fsp3) is 0.222. The molecule has 0 spiro atoms. The number of benzene rings is 2. The van der Waals surface area contributed by atoms with Gasteiger partial charge < -0.3 is 16.0 Å². The van der Waals surface area contributed by atoms with Gasteiger partial charge in [0.1, 0.15) is 11.2 Å². The summed E-state index contributed by atoms with van der Waals surface area (Å²) in [4.78, 5) is 39.6. The van der Waals surface area contributed by atoms with Crippen molar-refractivity contribution in [3.8, 4) is 0 Å². The molecule has 2 aromatic heterocycles. The highest BCUT2D eigenvalue weighted by atomic mass is 32.2. The third-order valence-electron chi connectivity index (χ3n) is 5.78. The number of para-hydroxylation sites is 1. The summed E-state index contributed by atoms with van der Waals surface area (Å²) >= 11 is 1.39. The number of carbonyl (C=O) groups excluding carboxylic acids is 2. The molecule has 0 fully saturated rings. The van der Waals surface area contributed by atoms with Crippen molar-refractivity contribution in [1.29, 1.82) is 0 Å². The molecular formula is C27H28N6O2S. The molecule has 1 amide bonds. The first-order valence-electron chi connectivity index (χ1n) is 11.7. The van der Waals surface area contributed by atoms with Crippen molar-refractivity contribution in [2.75, 3.05) is 12.4 Å². The lowest BCUT2D eigenvalue weighted by atomic mass is 9.96. The molecule has 5 rings (SSSR count). The maximum Gasteiger partial charge on any atom is 0.281 e. The van der Waals surface area contributed by atoms with E-state index in [1.807, 2.05) is 30.3 Å². The SMILES string of the molecule is CNc1nc2c(C(=O)N=C(N)SC3=CCCC(C)C3)cccc2[nH]1.O=Cc1cc2ccccc2cn1. The first-order chi connectivity index (χ1) is 17.5.